The highest BCUT2D eigenvalue weighted by Gasteiger charge is 2.11. The maximum absolute atomic E-state index is 11.2. The van der Waals surface area contributed by atoms with Crippen LogP contribution in [0.4, 0.5) is 0 Å². The summed E-state index contributed by atoms with van der Waals surface area (Å²) < 4.78 is 10.7. The number of likely N-dealkylation sites (N-methyl/N-ethyl adjacent to an activating group) is 1. The number of carbonyl (C=O) groups is 2. The number of carbonyl (C=O) groups excluding carboxylic acids is 2. The van der Waals surface area contributed by atoms with Crippen molar-refractivity contribution in [2.45, 2.75) is 26.3 Å². The fraction of sp³-hybridized carbons (Fsp3) is 0.500. The number of esters is 1. The topological polar surface area (TPSA) is 55.8 Å². The second kappa shape index (κ2) is 9.13. The molecule has 0 saturated heterocycles. The Kier molecular flexibility index (Phi) is 7.46. The molecule has 0 unspecified atom stereocenters. The van der Waals surface area contributed by atoms with Gasteiger partial charge in [-0.1, -0.05) is 18.2 Å². The van der Waals surface area contributed by atoms with Gasteiger partial charge in [0.2, 0.25) is 0 Å². The number of benzene rings is 1. The third-order valence-corrected chi connectivity index (χ3v) is 3.09. The Hall–Kier alpha value is -1.88. The van der Waals surface area contributed by atoms with Crippen LogP contribution < -0.4 is 4.74 Å². The lowest BCUT2D eigenvalue weighted by atomic mass is 10.3. The number of hydrogen-bond donors (Lipinski definition) is 0. The molecular formula is C16H23NO4. The molecule has 0 aliphatic heterocycles. The Morgan fingerprint density at radius 2 is 1.90 bits per heavy atom. The maximum Gasteiger partial charge on any atom is 0.313 e. The number of Topliss-reactive ketones (excluding diaryl/α,β-unsaturated/α-hetero) is 1. The third kappa shape index (κ3) is 7.46. The number of rotatable bonds is 9. The van der Waals surface area contributed by atoms with Gasteiger partial charge in [-0.15, -0.1) is 0 Å². The molecule has 21 heavy (non-hydrogen) atoms. The summed E-state index contributed by atoms with van der Waals surface area (Å²) in [5, 5.41) is 0. The molecule has 1 rings (SSSR count). The molecule has 0 N–H and O–H groups in total. The molecule has 0 saturated carbocycles. The average Bonchev–Trinajstić information content (AvgIpc) is 2.44. The predicted molar refractivity (Wildman–Crippen MR) is 80.3 cm³/mol. The van der Waals surface area contributed by atoms with Crippen molar-refractivity contribution in [1.29, 1.82) is 0 Å². The molecule has 0 radical (unpaired) electrons. The van der Waals surface area contributed by atoms with Crippen molar-refractivity contribution in [3.8, 4) is 5.75 Å². The summed E-state index contributed by atoms with van der Waals surface area (Å²) in [5.74, 6) is 0.188. The van der Waals surface area contributed by atoms with Crippen molar-refractivity contribution in [2.24, 2.45) is 0 Å². The molecule has 0 aliphatic carbocycles. The van der Waals surface area contributed by atoms with Crippen LogP contribution in [0.25, 0.3) is 0 Å². The molecule has 0 fully saturated rings. The number of hydrogen-bond acceptors (Lipinski definition) is 5. The second-order valence-corrected chi connectivity index (χ2v) is 5.05. The van der Waals surface area contributed by atoms with Crippen LogP contribution >= 0.6 is 0 Å². The zero-order chi connectivity index (χ0) is 15.7. The van der Waals surface area contributed by atoms with E-state index in [-0.39, 0.29) is 24.9 Å². The van der Waals surface area contributed by atoms with E-state index in [0.29, 0.717) is 13.2 Å². The van der Waals surface area contributed by atoms with E-state index < -0.39 is 5.97 Å². The predicted octanol–water partition coefficient (Wildman–Crippen LogP) is 1.91. The molecule has 116 valence electrons. The quantitative estimate of drug-likeness (QED) is 0.514. The monoisotopic (exact) mass is 293 g/mol. The lowest BCUT2D eigenvalue weighted by Gasteiger charge is -2.24. The molecule has 1 atom stereocenters. The Balaban J connectivity index is 2.20. The van der Waals surface area contributed by atoms with E-state index in [4.69, 9.17) is 9.47 Å². The van der Waals surface area contributed by atoms with Gasteiger partial charge in [-0.05, 0) is 33.0 Å². The largest absolute Gasteiger partial charge is 0.492 e. The van der Waals surface area contributed by atoms with Crippen LogP contribution in [0.1, 0.15) is 20.3 Å². The smallest absolute Gasteiger partial charge is 0.313 e. The number of ketones is 1. The fourth-order valence-electron chi connectivity index (χ4n) is 1.64. The standard InChI is InChI=1S/C16H23NO4/c1-13(12-21-15-7-5-4-6-8-15)17(3)9-10-20-16(19)11-14(2)18/h4-8,13H,9-12H2,1-3H3/t13-/m0/s1. The maximum atomic E-state index is 11.2. The van der Waals surface area contributed by atoms with Crippen molar-refractivity contribution in [2.75, 3.05) is 26.8 Å². The molecule has 0 bridgehead atoms. The van der Waals surface area contributed by atoms with Crippen LogP contribution in [0.15, 0.2) is 30.3 Å². The Labute approximate surface area is 125 Å². The van der Waals surface area contributed by atoms with Crippen LogP contribution in [0.3, 0.4) is 0 Å². The molecule has 0 heterocycles. The van der Waals surface area contributed by atoms with Gasteiger partial charge in [-0.2, -0.15) is 0 Å². The van der Waals surface area contributed by atoms with E-state index >= 15 is 0 Å². The second-order valence-electron chi connectivity index (χ2n) is 5.05. The van der Waals surface area contributed by atoms with Crippen molar-refractivity contribution >= 4 is 11.8 Å². The van der Waals surface area contributed by atoms with Crippen LogP contribution in [-0.4, -0.2) is 49.5 Å². The summed E-state index contributed by atoms with van der Waals surface area (Å²) >= 11 is 0. The van der Waals surface area contributed by atoms with Crippen molar-refractivity contribution in [1.82, 2.24) is 4.90 Å². The van der Waals surface area contributed by atoms with Gasteiger partial charge in [-0.3, -0.25) is 14.5 Å². The Morgan fingerprint density at radius 3 is 2.52 bits per heavy atom. The first-order valence-electron chi connectivity index (χ1n) is 7.02. The zero-order valence-corrected chi connectivity index (χ0v) is 12.9. The minimum atomic E-state index is -0.468. The van der Waals surface area contributed by atoms with E-state index in [1.165, 1.54) is 6.92 Å². The molecule has 1 aromatic carbocycles. The van der Waals surface area contributed by atoms with Crippen LogP contribution in [-0.2, 0) is 14.3 Å². The van der Waals surface area contributed by atoms with E-state index in [9.17, 15) is 9.59 Å². The summed E-state index contributed by atoms with van der Waals surface area (Å²) in [5.41, 5.74) is 0. The molecule has 1 aromatic rings. The molecule has 5 nitrogen and oxygen atoms in total. The molecule has 0 aromatic heterocycles. The molecular weight excluding hydrogens is 270 g/mol. The normalized spacial score (nSPS) is 12.0. The summed E-state index contributed by atoms with van der Waals surface area (Å²) in [7, 11) is 1.94. The zero-order valence-electron chi connectivity index (χ0n) is 12.9. The van der Waals surface area contributed by atoms with Gasteiger partial charge in [0.15, 0.2) is 0 Å². The first-order valence-corrected chi connectivity index (χ1v) is 7.02. The fourth-order valence-corrected chi connectivity index (χ4v) is 1.64. The number of para-hydroxylation sites is 1. The number of nitrogens with zero attached hydrogens (tertiary/aromatic N) is 1. The lowest BCUT2D eigenvalue weighted by Crippen LogP contribution is -2.36. The van der Waals surface area contributed by atoms with Crippen LogP contribution in [0, 0.1) is 0 Å². The molecule has 0 aliphatic rings. The Bertz CT molecular complexity index is 447. The molecule has 0 spiro atoms. The lowest BCUT2D eigenvalue weighted by molar-refractivity contribution is -0.146. The Morgan fingerprint density at radius 1 is 1.24 bits per heavy atom. The van der Waals surface area contributed by atoms with Gasteiger partial charge in [-0.25, -0.2) is 0 Å². The van der Waals surface area contributed by atoms with Crippen molar-refractivity contribution < 1.29 is 19.1 Å². The number of ether oxygens (including phenoxy) is 2. The van der Waals surface area contributed by atoms with Gasteiger partial charge >= 0.3 is 5.97 Å². The van der Waals surface area contributed by atoms with E-state index in [1.54, 1.807) is 0 Å². The van der Waals surface area contributed by atoms with Crippen molar-refractivity contribution in [3.05, 3.63) is 30.3 Å². The molecule has 0 amide bonds. The van der Waals surface area contributed by atoms with Gasteiger partial charge in [0.25, 0.3) is 0 Å². The minimum Gasteiger partial charge on any atom is -0.492 e. The van der Waals surface area contributed by atoms with Gasteiger partial charge in [0, 0.05) is 12.6 Å². The van der Waals surface area contributed by atoms with Gasteiger partial charge < -0.3 is 9.47 Å². The highest BCUT2D eigenvalue weighted by molar-refractivity contribution is 5.94. The van der Waals surface area contributed by atoms with Crippen molar-refractivity contribution in [3.63, 3.8) is 0 Å². The first-order chi connectivity index (χ1) is 9.99. The van der Waals surface area contributed by atoms with E-state index in [2.05, 4.69) is 0 Å². The summed E-state index contributed by atoms with van der Waals surface area (Å²) in [6, 6.07) is 9.82. The summed E-state index contributed by atoms with van der Waals surface area (Å²) in [6.07, 6.45) is -0.156. The SMILES string of the molecule is CC(=O)CC(=O)OCCN(C)[C@@H](C)COc1ccccc1. The molecule has 5 heteroatoms. The summed E-state index contributed by atoms with van der Waals surface area (Å²) in [6.45, 7) is 4.85. The van der Waals surface area contributed by atoms with Gasteiger partial charge in [0.1, 0.15) is 31.2 Å². The third-order valence-electron chi connectivity index (χ3n) is 3.09. The van der Waals surface area contributed by atoms with E-state index in [0.717, 1.165) is 5.75 Å². The minimum absolute atomic E-state index is 0.156. The van der Waals surface area contributed by atoms with Gasteiger partial charge in [0.05, 0.1) is 0 Å². The summed E-state index contributed by atoms with van der Waals surface area (Å²) in [4.78, 5) is 24.0. The highest BCUT2D eigenvalue weighted by atomic mass is 16.5. The average molecular weight is 293 g/mol. The highest BCUT2D eigenvalue weighted by Crippen LogP contribution is 2.09. The van der Waals surface area contributed by atoms with Crippen LogP contribution in [0.5, 0.6) is 5.75 Å². The van der Waals surface area contributed by atoms with Crippen LogP contribution in [0.2, 0.25) is 0 Å². The first kappa shape index (κ1) is 17.2. The van der Waals surface area contributed by atoms with E-state index in [1.807, 2.05) is 49.2 Å².